The van der Waals surface area contributed by atoms with Crippen molar-refractivity contribution in [1.82, 2.24) is 9.80 Å². The van der Waals surface area contributed by atoms with Crippen molar-refractivity contribution in [3.63, 3.8) is 0 Å². The van der Waals surface area contributed by atoms with Gasteiger partial charge in [0, 0.05) is 39.1 Å². The van der Waals surface area contributed by atoms with Gasteiger partial charge in [0.1, 0.15) is 0 Å². The average molecular weight is 196 g/mol. The van der Waals surface area contributed by atoms with E-state index in [9.17, 15) is 4.79 Å². The number of amides is 1. The summed E-state index contributed by atoms with van der Waals surface area (Å²) in [5.41, 5.74) is 5.31. The molecule has 5 nitrogen and oxygen atoms in total. The molecule has 78 valence electrons. The molecule has 0 saturated carbocycles. The van der Waals surface area contributed by atoms with Crippen LogP contribution in [0.3, 0.4) is 0 Å². The number of carbonyl (C=O) groups is 1. The fourth-order valence-electron chi connectivity index (χ4n) is 1.54. The molecule has 0 aromatic heterocycles. The zero-order chi connectivity index (χ0) is 10.4. The third-order valence-electron chi connectivity index (χ3n) is 2.38. The Morgan fingerprint density at radius 2 is 2.00 bits per heavy atom. The van der Waals surface area contributed by atoms with Crippen LogP contribution in [0.2, 0.25) is 0 Å². The second-order valence-electron chi connectivity index (χ2n) is 3.35. The molecule has 0 unspecified atom stereocenters. The molecule has 14 heavy (non-hydrogen) atoms. The summed E-state index contributed by atoms with van der Waals surface area (Å²) in [6, 6.07) is 2.11. The fourth-order valence-corrected chi connectivity index (χ4v) is 1.54. The van der Waals surface area contributed by atoms with Gasteiger partial charge in [0.25, 0.3) is 0 Å². The Bertz CT molecular complexity index is 227. The molecule has 0 atom stereocenters. The molecular weight excluding hydrogens is 180 g/mol. The lowest BCUT2D eigenvalue weighted by atomic mass is 10.3. The standard InChI is InChI=1S/C9H16N4O/c10-2-1-9(14)13-7-5-12(4-3-11)6-8-13/h1-2,4-8,10H2. The molecule has 1 saturated heterocycles. The van der Waals surface area contributed by atoms with Crippen LogP contribution in [0, 0.1) is 11.3 Å². The van der Waals surface area contributed by atoms with Crippen molar-refractivity contribution in [2.45, 2.75) is 6.42 Å². The Hall–Kier alpha value is -1.12. The maximum atomic E-state index is 11.4. The van der Waals surface area contributed by atoms with Crippen molar-refractivity contribution in [3.05, 3.63) is 0 Å². The van der Waals surface area contributed by atoms with Crippen LogP contribution in [0.4, 0.5) is 0 Å². The number of carbonyl (C=O) groups excluding carboxylic acids is 1. The van der Waals surface area contributed by atoms with Crippen molar-refractivity contribution in [1.29, 1.82) is 5.26 Å². The first-order chi connectivity index (χ1) is 6.77. The third-order valence-corrected chi connectivity index (χ3v) is 2.38. The largest absolute Gasteiger partial charge is 0.340 e. The highest BCUT2D eigenvalue weighted by atomic mass is 16.2. The van der Waals surface area contributed by atoms with E-state index < -0.39 is 0 Å². The van der Waals surface area contributed by atoms with E-state index in [0.717, 1.165) is 26.2 Å². The third kappa shape index (κ3) is 2.98. The van der Waals surface area contributed by atoms with Crippen molar-refractivity contribution in [2.24, 2.45) is 5.73 Å². The lowest BCUT2D eigenvalue weighted by Crippen LogP contribution is -2.48. The lowest BCUT2D eigenvalue weighted by Gasteiger charge is -2.33. The van der Waals surface area contributed by atoms with Crippen molar-refractivity contribution < 1.29 is 4.79 Å². The van der Waals surface area contributed by atoms with Crippen LogP contribution in [0.1, 0.15) is 6.42 Å². The molecule has 0 aromatic carbocycles. The predicted octanol–water partition coefficient (Wildman–Crippen LogP) is -0.997. The van der Waals surface area contributed by atoms with Gasteiger partial charge in [-0.3, -0.25) is 9.69 Å². The Labute approximate surface area is 84.1 Å². The Balaban J connectivity index is 2.28. The maximum absolute atomic E-state index is 11.4. The van der Waals surface area contributed by atoms with Gasteiger partial charge in [-0.15, -0.1) is 0 Å². The van der Waals surface area contributed by atoms with Crippen LogP contribution in [-0.4, -0.2) is 55.0 Å². The van der Waals surface area contributed by atoms with Gasteiger partial charge in [-0.2, -0.15) is 5.26 Å². The monoisotopic (exact) mass is 196 g/mol. The van der Waals surface area contributed by atoms with Gasteiger partial charge >= 0.3 is 0 Å². The van der Waals surface area contributed by atoms with E-state index in [2.05, 4.69) is 6.07 Å². The minimum atomic E-state index is 0.129. The van der Waals surface area contributed by atoms with E-state index in [1.54, 1.807) is 0 Å². The Kier molecular flexibility index (Phi) is 4.36. The molecule has 2 N–H and O–H groups in total. The molecular formula is C9H16N4O. The number of nitrogens with zero attached hydrogens (tertiary/aromatic N) is 3. The molecule has 0 radical (unpaired) electrons. The number of hydrogen-bond acceptors (Lipinski definition) is 4. The van der Waals surface area contributed by atoms with Gasteiger partial charge in [0.05, 0.1) is 12.6 Å². The number of rotatable bonds is 3. The van der Waals surface area contributed by atoms with E-state index in [4.69, 9.17) is 11.0 Å². The highest BCUT2D eigenvalue weighted by Crippen LogP contribution is 2.02. The molecule has 1 heterocycles. The van der Waals surface area contributed by atoms with Gasteiger partial charge in [0.2, 0.25) is 5.91 Å². The van der Waals surface area contributed by atoms with Crippen LogP contribution in [0.5, 0.6) is 0 Å². The van der Waals surface area contributed by atoms with Gasteiger partial charge in [-0.25, -0.2) is 0 Å². The van der Waals surface area contributed by atoms with Crippen LogP contribution in [-0.2, 0) is 4.79 Å². The van der Waals surface area contributed by atoms with Crippen molar-refractivity contribution in [2.75, 3.05) is 39.3 Å². The summed E-state index contributed by atoms with van der Waals surface area (Å²) in [5.74, 6) is 0.129. The number of piperazine rings is 1. The number of nitrogens with two attached hydrogens (primary N) is 1. The van der Waals surface area contributed by atoms with Crippen LogP contribution in [0.25, 0.3) is 0 Å². The fraction of sp³-hybridized carbons (Fsp3) is 0.778. The maximum Gasteiger partial charge on any atom is 0.223 e. The lowest BCUT2D eigenvalue weighted by molar-refractivity contribution is -0.132. The topological polar surface area (TPSA) is 73.4 Å². The van der Waals surface area contributed by atoms with Crippen LogP contribution < -0.4 is 5.73 Å². The second kappa shape index (κ2) is 5.58. The number of hydrogen-bond donors (Lipinski definition) is 1. The van der Waals surface area contributed by atoms with E-state index in [1.165, 1.54) is 0 Å². The van der Waals surface area contributed by atoms with Crippen LogP contribution >= 0.6 is 0 Å². The summed E-state index contributed by atoms with van der Waals surface area (Å²) in [4.78, 5) is 15.3. The Morgan fingerprint density at radius 3 is 2.50 bits per heavy atom. The molecule has 0 aromatic rings. The van der Waals surface area contributed by atoms with Gasteiger partial charge in [0.15, 0.2) is 0 Å². The van der Waals surface area contributed by atoms with Gasteiger partial charge in [-0.1, -0.05) is 0 Å². The summed E-state index contributed by atoms with van der Waals surface area (Å²) in [6.07, 6.45) is 0.429. The second-order valence-corrected chi connectivity index (χ2v) is 3.35. The Morgan fingerprint density at radius 1 is 1.36 bits per heavy atom. The number of nitriles is 1. The van der Waals surface area contributed by atoms with Crippen molar-refractivity contribution >= 4 is 5.91 Å². The smallest absolute Gasteiger partial charge is 0.223 e. The zero-order valence-corrected chi connectivity index (χ0v) is 8.28. The summed E-state index contributed by atoms with van der Waals surface area (Å²) < 4.78 is 0. The normalized spacial score (nSPS) is 17.9. The molecule has 0 bridgehead atoms. The van der Waals surface area contributed by atoms with E-state index in [-0.39, 0.29) is 5.91 Å². The molecule has 0 spiro atoms. The van der Waals surface area contributed by atoms with Gasteiger partial charge in [-0.05, 0) is 0 Å². The van der Waals surface area contributed by atoms with E-state index in [0.29, 0.717) is 19.5 Å². The average Bonchev–Trinajstić information content (AvgIpc) is 2.20. The van der Waals surface area contributed by atoms with Gasteiger partial charge < -0.3 is 10.6 Å². The molecule has 1 amide bonds. The molecule has 1 aliphatic heterocycles. The van der Waals surface area contributed by atoms with Crippen molar-refractivity contribution in [3.8, 4) is 6.07 Å². The van der Waals surface area contributed by atoms with Crippen LogP contribution in [0.15, 0.2) is 0 Å². The zero-order valence-electron chi connectivity index (χ0n) is 8.28. The quantitative estimate of drug-likeness (QED) is 0.588. The first-order valence-corrected chi connectivity index (χ1v) is 4.85. The highest BCUT2D eigenvalue weighted by Gasteiger charge is 2.19. The summed E-state index contributed by atoms with van der Waals surface area (Å²) in [6.45, 7) is 3.91. The molecule has 1 rings (SSSR count). The molecule has 0 aliphatic carbocycles. The molecule has 1 fully saturated rings. The highest BCUT2D eigenvalue weighted by molar-refractivity contribution is 5.76. The van der Waals surface area contributed by atoms with E-state index >= 15 is 0 Å². The summed E-state index contributed by atoms with van der Waals surface area (Å²) >= 11 is 0. The first kappa shape index (κ1) is 11.0. The summed E-state index contributed by atoms with van der Waals surface area (Å²) in [5, 5.41) is 8.49. The summed E-state index contributed by atoms with van der Waals surface area (Å²) in [7, 11) is 0. The first-order valence-electron chi connectivity index (χ1n) is 4.85. The minimum absolute atomic E-state index is 0.129. The molecule has 1 aliphatic rings. The van der Waals surface area contributed by atoms with E-state index in [1.807, 2.05) is 9.80 Å². The predicted molar refractivity (Wildman–Crippen MR) is 52.3 cm³/mol. The minimum Gasteiger partial charge on any atom is -0.340 e. The SMILES string of the molecule is N#CCN1CCN(C(=O)CCN)CC1. The molecule has 5 heteroatoms.